The number of amides is 1. The third-order valence-electron chi connectivity index (χ3n) is 3.25. The molecule has 126 valence electrons. The minimum atomic E-state index is -0.457. The molecule has 0 bridgehead atoms. The van der Waals surface area contributed by atoms with Gasteiger partial charge in [0.15, 0.2) is 0 Å². The number of thiazole rings is 1. The molecular weight excluding hydrogens is 364 g/mol. The zero-order valence-corrected chi connectivity index (χ0v) is 14.2. The number of benzene rings is 2. The highest BCUT2D eigenvalue weighted by Crippen LogP contribution is 2.27. The van der Waals surface area contributed by atoms with Gasteiger partial charge < -0.3 is 0 Å². The second kappa shape index (κ2) is 7.29. The lowest BCUT2D eigenvalue weighted by Gasteiger charge is -2.05. The van der Waals surface area contributed by atoms with Crippen LogP contribution in [-0.2, 0) is 0 Å². The van der Waals surface area contributed by atoms with Gasteiger partial charge in [-0.25, -0.2) is 4.98 Å². The highest BCUT2D eigenvalue weighted by molar-refractivity contribution is 7.14. The molecule has 2 N–H and O–H groups in total. The van der Waals surface area contributed by atoms with Crippen LogP contribution < -0.4 is 10.9 Å². The Morgan fingerprint density at radius 1 is 1.20 bits per heavy atom. The summed E-state index contributed by atoms with van der Waals surface area (Å²) in [7, 11) is 0. The van der Waals surface area contributed by atoms with Crippen molar-refractivity contribution in [3.8, 4) is 11.3 Å². The number of nitro groups is 1. The van der Waals surface area contributed by atoms with Crippen molar-refractivity contribution in [1.82, 2.24) is 10.4 Å². The predicted molar refractivity (Wildman–Crippen MR) is 96.7 cm³/mol. The Kier molecular flexibility index (Phi) is 4.92. The molecule has 0 spiro atoms. The number of hydrogen-bond acceptors (Lipinski definition) is 6. The standard InChI is InChI=1S/C16H11ClN4O3S/c17-12-6-4-10(5-7-12)15(22)19-20-16-18-14(9-25-16)11-2-1-3-13(8-11)21(23)24/h1-9H,(H,18,20)(H,19,22). The number of carbonyl (C=O) groups is 1. The number of anilines is 1. The van der Waals surface area contributed by atoms with E-state index >= 15 is 0 Å². The molecule has 7 nitrogen and oxygen atoms in total. The van der Waals surface area contributed by atoms with Crippen LogP contribution in [0.3, 0.4) is 0 Å². The van der Waals surface area contributed by atoms with E-state index in [-0.39, 0.29) is 11.6 Å². The Hall–Kier alpha value is -2.97. The van der Waals surface area contributed by atoms with E-state index in [1.807, 2.05) is 0 Å². The summed E-state index contributed by atoms with van der Waals surface area (Å²) >= 11 is 7.05. The first-order valence-corrected chi connectivity index (χ1v) is 8.31. The predicted octanol–water partition coefficient (Wildman–Crippen LogP) is 4.13. The van der Waals surface area contributed by atoms with Crippen molar-refractivity contribution in [3.05, 3.63) is 74.6 Å². The Morgan fingerprint density at radius 3 is 2.68 bits per heavy atom. The Morgan fingerprint density at radius 2 is 1.96 bits per heavy atom. The van der Waals surface area contributed by atoms with E-state index < -0.39 is 4.92 Å². The van der Waals surface area contributed by atoms with Crippen molar-refractivity contribution in [2.24, 2.45) is 0 Å². The average molecular weight is 375 g/mol. The second-order valence-electron chi connectivity index (χ2n) is 4.93. The highest BCUT2D eigenvalue weighted by Gasteiger charge is 2.11. The van der Waals surface area contributed by atoms with Crippen LogP contribution in [0.25, 0.3) is 11.3 Å². The summed E-state index contributed by atoms with van der Waals surface area (Å²) in [5.74, 6) is -0.330. The molecular formula is C16H11ClN4O3S. The van der Waals surface area contributed by atoms with Gasteiger partial charge in [0, 0.05) is 33.7 Å². The molecule has 3 aromatic rings. The third-order valence-corrected chi connectivity index (χ3v) is 4.26. The number of rotatable bonds is 5. The molecule has 2 aromatic carbocycles. The second-order valence-corrected chi connectivity index (χ2v) is 6.23. The number of nitro benzene ring substituents is 1. The Balaban J connectivity index is 1.67. The van der Waals surface area contributed by atoms with Gasteiger partial charge in [0.05, 0.1) is 10.6 Å². The van der Waals surface area contributed by atoms with Gasteiger partial charge in [-0.2, -0.15) is 0 Å². The third kappa shape index (κ3) is 4.11. The van der Waals surface area contributed by atoms with E-state index in [1.165, 1.54) is 23.5 Å². The highest BCUT2D eigenvalue weighted by atomic mass is 35.5. The Bertz CT molecular complexity index is 927. The van der Waals surface area contributed by atoms with Crippen LogP contribution >= 0.6 is 22.9 Å². The molecule has 25 heavy (non-hydrogen) atoms. The number of hydrogen-bond donors (Lipinski definition) is 2. The van der Waals surface area contributed by atoms with Crippen molar-refractivity contribution in [2.45, 2.75) is 0 Å². The van der Waals surface area contributed by atoms with Gasteiger partial charge in [0.2, 0.25) is 5.13 Å². The normalized spacial score (nSPS) is 10.3. The fourth-order valence-corrected chi connectivity index (χ4v) is 2.83. The van der Waals surface area contributed by atoms with Crippen LogP contribution in [0, 0.1) is 10.1 Å². The fourth-order valence-electron chi connectivity index (χ4n) is 2.03. The van der Waals surface area contributed by atoms with Crippen LogP contribution in [0.2, 0.25) is 5.02 Å². The quantitative estimate of drug-likeness (QED) is 0.517. The summed E-state index contributed by atoms with van der Waals surface area (Å²) in [5, 5.41) is 13.6. The van der Waals surface area contributed by atoms with Crippen LogP contribution in [-0.4, -0.2) is 15.8 Å². The Labute approximate surface area is 151 Å². The monoisotopic (exact) mass is 374 g/mol. The number of nitrogens with one attached hydrogen (secondary N) is 2. The summed E-state index contributed by atoms with van der Waals surface area (Å²) in [6, 6.07) is 12.7. The smallest absolute Gasteiger partial charge is 0.270 e. The maximum absolute atomic E-state index is 12.0. The number of aromatic nitrogens is 1. The molecule has 0 atom stereocenters. The SMILES string of the molecule is O=C(NNc1nc(-c2cccc([N+](=O)[O-])c2)cs1)c1ccc(Cl)cc1. The van der Waals surface area contributed by atoms with Crippen molar-refractivity contribution in [2.75, 3.05) is 5.43 Å². The largest absolute Gasteiger partial charge is 0.273 e. The molecule has 3 rings (SSSR count). The van der Waals surface area contributed by atoms with Gasteiger partial charge in [0.1, 0.15) is 0 Å². The zero-order valence-electron chi connectivity index (χ0n) is 12.6. The van der Waals surface area contributed by atoms with Gasteiger partial charge in [-0.15, -0.1) is 11.3 Å². The number of halogens is 1. The molecule has 0 unspecified atom stereocenters. The average Bonchev–Trinajstić information content (AvgIpc) is 3.09. The number of carbonyl (C=O) groups excluding carboxylic acids is 1. The molecule has 0 saturated carbocycles. The lowest BCUT2D eigenvalue weighted by Crippen LogP contribution is -2.29. The lowest BCUT2D eigenvalue weighted by atomic mass is 10.1. The molecule has 9 heteroatoms. The zero-order chi connectivity index (χ0) is 17.8. The topological polar surface area (TPSA) is 97.2 Å². The molecule has 1 heterocycles. The molecule has 1 aromatic heterocycles. The first-order chi connectivity index (χ1) is 12.0. The van der Waals surface area contributed by atoms with Crippen molar-refractivity contribution in [3.63, 3.8) is 0 Å². The summed E-state index contributed by atoms with van der Waals surface area (Å²) in [6.45, 7) is 0. The van der Waals surface area contributed by atoms with Gasteiger partial charge in [-0.1, -0.05) is 23.7 Å². The van der Waals surface area contributed by atoms with Crippen LogP contribution in [0.1, 0.15) is 10.4 Å². The number of non-ortho nitro benzene ring substituents is 1. The lowest BCUT2D eigenvalue weighted by molar-refractivity contribution is -0.384. The molecule has 0 saturated heterocycles. The maximum atomic E-state index is 12.0. The molecule has 0 radical (unpaired) electrons. The minimum absolute atomic E-state index is 0.00366. The van der Waals surface area contributed by atoms with E-state index in [0.717, 1.165) is 0 Å². The molecule has 0 aliphatic heterocycles. The first-order valence-electron chi connectivity index (χ1n) is 7.05. The van der Waals surface area contributed by atoms with Gasteiger partial charge in [-0.3, -0.25) is 25.8 Å². The van der Waals surface area contributed by atoms with Crippen molar-refractivity contribution in [1.29, 1.82) is 0 Å². The van der Waals surface area contributed by atoms with Gasteiger partial charge in [0.25, 0.3) is 11.6 Å². The molecule has 0 aliphatic rings. The van der Waals surface area contributed by atoms with Gasteiger partial charge >= 0.3 is 0 Å². The van der Waals surface area contributed by atoms with Crippen LogP contribution in [0.5, 0.6) is 0 Å². The van der Waals surface area contributed by atoms with Crippen LogP contribution in [0.15, 0.2) is 53.9 Å². The molecule has 1 amide bonds. The summed E-state index contributed by atoms with van der Waals surface area (Å²) in [6.07, 6.45) is 0. The van der Waals surface area contributed by atoms with Crippen LogP contribution in [0.4, 0.5) is 10.8 Å². The van der Waals surface area contributed by atoms with E-state index in [2.05, 4.69) is 15.8 Å². The minimum Gasteiger partial charge on any atom is -0.273 e. The van der Waals surface area contributed by atoms with E-state index in [1.54, 1.807) is 41.8 Å². The van der Waals surface area contributed by atoms with Crippen molar-refractivity contribution >= 4 is 39.7 Å². The number of hydrazine groups is 1. The van der Waals surface area contributed by atoms with Gasteiger partial charge in [-0.05, 0) is 24.3 Å². The molecule has 0 fully saturated rings. The van der Waals surface area contributed by atoms with Crippen molar-refractivity contribution < 1.29 is 9.72 Å². The number of nitrogens with zero attached hydrogens (tertiary/aromatic N) is 2. The summed E-state index contributed by atoms with van der Waals surface area (Å²) in [5.41, 5.74) is 6.92. The fraction of sp³-hybridized carbons (Fsp3) is 0. The first kappa shape index (κ1) is 16.9. The van der Waals surface area contributed by atoms with E-state index in [9.17, 15) is 14.9 Å². The maximum Gasteiger partial charge on any atom is 0.270 e. The summed E-state index contributed by atoms with van der Waals surface area (Å²) < 4.78 is 0. The van der Waals surface area contributed by atoms with E-state index in [0.29, 0.717) is 27.0 Å². The summed E-state index contributed by atoms with van der Waals surface area (Å²) in [4.78, 5) is 26.7. The van der Waals surface area contributed by atoms with E-state index in [4.69, 9.17) is 11.6 Å². The molecule has 0 aliphatic carbocycles.